The summed E-state index contributed by atoms with van der Waals surface area (Å²) in [6, 6.07) is 0. The molecule has 8 nitrogen and oxygen atoms in total. The van der Waals surface area contributed by atoms with E-state index in [4.69, 9.17) is 27.9 Å². The van der Waals surface area contributed by atoms with Crippen molar-refractivity contribution in [2.75, 3.05) is 6.61 Å². The molecule has 0 spiro atoms. The average molecular weight is 344 g/mol. The molecule has 3 aliphatic rings. The van der Waals surface area contributed by atoms with Crippen LogP contribution in [-0.4, -0.2) is 57.3 Å². The molecule has 0 N–H and O–H groups in total. The first-order valence-electron chi connectivity index (χ1n) is 7.05. The summed E-state index contributed by atoms with van der Waals surface area (Å²) in [6.07, 6.45) is -0.480. The second kappa shape index (κ2) is 6.23. The van der Waals surface area contributed by atoms with Gasteiger partial charge in [-0.3, -0.25) is 4.18 Å². The molecule has 10 heteroatoms. The van der Waals surface area contributed by atoms with Crippen LogP contribution in [0.25, 0.3) is 0 Å². The van der Waals surface area contributed by atoms with Gasteiger partial charge in [0.1, 0.15) is 34.5 Å². The molecule has 3 saturated heterocycles. The van der Waals surface area contributed by atoms with E-state index in [-0.39, 0.29) is 25.5 Å². The molecule has 0 aliphatic carbocycles. The zero-order valence-corrected chi connectivity index (χ0v) is 14.8. The van der Waals surface area contributed by atoms with E-state index >= 15 is 0 Å². The van der Waals surface area contributed by atoms with Crippen LogP contribution in [0.15, 0.2) is 0 Å². The zero-order chi connectivity index (χ0) is 16.3. The predicted molar refractivity (Wildman–Crippen MR) is 72.8 cm³/mol. The molecule has 128 valence electrons. The van der Waals surface area contributed by atoms with Crippen molar-refractivity contribution in [2.45, 2.75) is 70.0 Å². The van der Waals surface area contributed by atoms with Crippen LogP contribution in [0.4, 0.5) is 0 Å². The first kappa shape index (κ1) is 19.6. The third kappa shape index (κ3) is 4.29. The van der Waals surface area contributed by atoms with Gasteiger partial charge in [0.15, 0.2) is 17.9 Å². The summed E-state index contributed by atoms with van der Waals surface area (Å²) in [4.78, 5) is 0. The summed E-state index contributed by atoms with van der Waals surface area (Å²) in [5, 5.41) is 0. The van der Waals surface area contributed by atoms with Gasteiger partial charge in [0.05, 0.1) is 6.61 Å². The summed E-state index contributed by atoms with van der Waals surface area (Å²) in [5.74, 6) is -1.64. The molecule has 3 aliphatic heterocycles. The Morgan fingerprint density at radius 1 is 1.04 bits per heavy atom. The number of rotatable bonds is 3. The van der Waals surface area contributed by atoms with Gasteiger partial charge in [0, 0.05) is 0 Å². The van der Waals surface area contributed by atoms with E-state index in [9.17, 15) is 8.42 Å². The Morgan fingerprint density at radius 3 is 2.22 bits per heavy atom. The van der Waals surface area contributed by atoms with Crippen molar-refractivity contribution in [3.05, 3.63) is 6.26 Å². The van der Waals surface area contributed by atoms with Crippen molar-refractivity contribution in [2.24, 2.45) is 0 Å². The summed E-state index contributed by atoms with van der Waals surface area (Å²) < 4.78 is 56.4. The maximum Gasteiger partial charge on any atom is 1.00 e. The minimum absolute atomic E-state index is 0. The molecule has 0 saturated carbocycles. The van der Waals surface area contributed by atoms with Gasteiger partial charge in [-0.2, -0.15) is 6.26 Å². The number of ether oxygens (including phenoxy) is 5. The van der Waals surface area contributed by atoms with Gasteiger partial charge in [0.25, 0.3) is 0 Å². The molecule has 0 radical (unpaired) electrons. The van der Waals surface area contributed by atoms with Gasteiger partial charge >= 0.3 is 18.9 Å². The first-order chi connectivity index (χ1) is 9.96. The molecule has 0 bridgehead atoms. The molecule has 3 rings (SSSR count). The van der Waals surface area contributed by atoms with Gasteiger partial charge in [-0.05, 0) is 27.7 Å². The Hall–Kier alpha value is 0.307. The van der Waals surface area contributed by atoms with Gasteiger partial charge < -0.3 is 23.7 Å². The van der Waals surface area contributed by atoms with Gasteiger partial charge in [-0.25, -0.2) is 8.42 Å². The zero-order valence-electron chi connectivity index (χ0n) is 14.0. The maximum absolute atomic E-state index is 11.5. The minimum Gasteiger partial charge on any atom is -0.348 e. The van der Waals surface area contributed by atoms with Crippen LogP contribution in [0.3, 0.4) is 0 Å². The van der Waals surface area contributed by atoms with E-state index in [1.807, 2.05) is 0 Å². The molecule has 0 amide bonds. The standard InChI is InChI=1S/C13H21O8S.Li/c1-12(2)16-6-7(18-12)8-9(21-22(5,14)15)10-11(17-8)20-13(3,4)19-10;/h7-11H,5-6H2,1-4H3;/q-1;+1/t7-,8-,9-,10-,11-;/m1./s1. The molecule has 0 aromatic rings. The fraction of sp³-hybridized carbons (Fsp3) is 0.923. The molecule has 0 unspecified atom stereocenters. The van der Waals surface area contributed by atoms with Gasteiger partial charge in [-0.15, -0.1) is 0 Å². The van der Waals surface area contributed by atoms with Crippen LogP contribution in [-0.2, 0) is 38.0 Å². The number of hydrogen-bond donors (Lipinski definition) is 0. The molecule has 0 aromatic heterocycles. The van der Waals surface area contributed by atoms with Crippen LogP contribution >= 0.6 is 0 Å². The van der Waals surface area contributed by atoms with Crippen LogP contribution in [0.1, 0.15) is 27.7 Å². The topological polar surface area (TPSA) is 89.5 Å². The number of fused-ring (bicyclic) bond motifs is 1. The Balaban J connectivity index is 0.00000192. The normalized spacial score (nSPS) is 41.5. The van der Waals surface area contributed by atoms with Crippen LogP contribution in [0, 0.1) is 6.26 Å². The van der Waals surface area contributed by atoms with Crippen LogP contribution < -0.4 is 18.9 Å². The Bertz CT molecular complexity index is 548. The molecule has 23 heavy (non-hydrogen) atoms. The van der Waals surface area contributed by atoms with Crippen LogP contribution in [0.2, 0.25) is 0 Å². The Kier molecular flexibility index (Phi) is 5.32. The van der Waals surface area contributed by atoms with E-state index in [2.05, 4.69) is 6.26 Å². The smallest absolute Gasteiger partial charge is 0.348 e. The first-order valence-corrected chi connectivity index (χ1v) is 8.63. The number of hydrogen-bond acceptors (Lipinski definition) is 8. The van der Waals surface area contributed by atoms with E-state index < -0.39 is 52.4 Å². The molecule has 0 aromatic carbocycles. The fourth-order valence-electron chi connectivity index (χ4n) is 2.96. The molecule has 3 heterocycles. The Labute approximate surface area is 148 Å². The van der Waals surface area contributed by atoms with Crippen molar-refractivity contribution < 1.29 is 55.1 Å². The molecular weight excluding hydrogens is 323 g/mol. The Morgan fingerprint density at radius 2 is 1.70 bits per heavy atom. The summed E-state index contributed by atoms with van der Waals surface area (Å²) >= 11 is 0. The van der Waals surface area contributed by atoms with Crippen molar-refractivity contribution in [3.8, 4) is 0 Å². The minimum atomic E-state index is -3.94. The third-order valence-corrected chi connectivity index (χ3v) is 4.20. The molecule has 5 atom stereocenters. The van der Waals surface area contributed by atoms with Crippen molar-refractivity contribution in [1.82, 2.24) is 0 Å². The monoisotopic (exact) mass is 344 g/mol. The summed E-state index contributed by atoms with van der Waals surface area (Å²) in [6.45, 7) is 7.24. The van der Waals surface area contributed by atoms with Crippen molar-refractivity contribution in [1.29, 1.82) is 0 Å². The summed E-state index contributed by atoms with van der Waals surface area (Å²) in [7, 11) is -3.94. The van der Waals surface area contributed by atoms with Crippen LogP contribution in [0.5, 0.6) is 0 Å². The second-order valence-electron chi connectivity index (χ2n) is 6.55. The third-order valence-electron chi connectivity index (χ3n) is 3.68. The quantitative estimate of drug-likeness (QED) is 0.316. The van der Waals surface area contributed by atoms with Gasteiger partial charge in [-0.1, -0.05) is 0 Å². The SMILES string of the molecule is [CH2-]S(=O)(=O)O[C@H]1[C@H]2OC(C)(C)O[C@H]2O[C@@H]1[C@H]1COC(C)(C)O1.[Li+]. The van der Waals surface area contributed by atoms with E-state index in [1.54, 1.807) is 27.7 Å². The van der Waals surface area contributed by atoms with Crippen molar-refractivity contribution in [3.63, 3.8) is 0 Å². The fourth-order valence-corrected chi connectivity index (χ4v) is 3.52. The van der Waals surface area contributed by atoms with E-state index in [0.29, 0.717) is 0 Å². The molecular formula is C13H21LiO8S. The van der Waals surface area contributed by atoms with E-state index in [1.165, 1.54) is 0 Å². The van der Waals surface area contributed by atoms with E-state index in [0.717, 1.165) is 0 Å². The van der Waals surface area contributed by atoms with Crippen molar-refractivity contribution >= 4 is 10.1 Å². The maximum atomic E-state index is 11.5. The van der Waals surface area contributed by atoms with Gasteiger partial charge in [0.2, 0.25) is 0 Å². The predicted octanol–water partition coefficient (Wildman–Crippen LogP) is -2.48. The largest absolute Gasteiger partial charge is 1.00 e. The molecule has 3 fully saturated rings. The summed E-state index contributed by atoms with van der Waals surface area (Å²) in [5.41, 5.74) is 0. The average Bonchev–Trinajstić information content (AvgIpc) is 2.89. The second-order valence-corrected chi connectivity index (χ2v) is 7.86.